The van der Waals surface area contributed by atoms with E-state index in [4.69, 9.17) is 4.74 Å². The Morgan fingerprint density at radius 1 is 0.757 bits per heavy atom. The predicted molar refractivity (Wildman–Crippen MR) is 147 cm³/mol. The van der Waals surface area contributed by atoms with Crippen molar-refractivity contribution in [2.75, 3.05) is 6.61 Å². The summed E-state index contributed by atoms with van der Waals surface area (Å²) < 4.78 is 47.7. The van der Waals surface area contributed by atoms with Crippen LogP contribution in [-0.2, 0) is 6.42 Å². The minimum atomic E-state index is -2.81. The van der Waals surface area contributed by atoms with Crippen LogP contribution in [-0.4, -0.2) is 6.61 Å². The molecule has 0 radical (unpaired) electrons. The Morgan fingerprint density at radius 2 is 1.22 bits per heavy atom. The molecule has 0 bridgehead atoms. The predicted octanol–water partition coefficient (Wildman–Crippen LogP) is 10.6. The molecule has 210 valence electrons. The molecular weight excluding hydrogens is 469 g/mol. The highest BCUT2D eigenvalue weighted by atomic mass is 19.3. The van der Waals surface area contributed by atoms with Crippen LogP contribution in [0.15, 0.2) is 6.07 Å². The van der Waals surface area contributed by atoms with Crippen molar-refractivity contribution in [1.82, 2.24) is 0 Å². The van der Waals surface area contributed by atoms with Gasteiger partial charge >= 0.3 is 0 Å². The molecule has 3 fully saturated rings. The zero-order chi connectivity index (χ0) is 26.4. The molecule has 3 saturated carbocycles. The van der Waals surface area contributed by atoms with E-state index in [1.165, 1.54) is 89.9 Å². The van der Waals surface area contributed by atoms with Crippen LogP contribution in [0.25, 0.3) is 0 Å². The number of aryl methyl sites for hydroxylation is 1. The fraction of sp³-hybridized carbons (Fsp3) is 0.818. The van der Waals surface area contributed by atoms with Gasteiger partial charge in [0.05, 0.1) is 12.2 Å². The Bertz CT molecular complexity index is 828. The third-order valence-electron chi connectivity index (χ3n) is 10.6. The van der Waals surface area contributed by atoms with Crippen LogP contribution in [0.3, 0.4) is 0 Å². The van der Waals surface area contributed by atoms with Gasteiger partial charge < -0.3 is 4.74 Å². The normalized spacial score (nSPS) is 31.0. The molecule has 37 heavy (non-hydrogen) atoms. The summed E-state index contributed by atoms with van der Waals surface area (Å²) in [4.78, 5) is 0. The lowest BCUT2D eigenvalue weighted by Gasteiger charge is -2.41. The maximum atomic E-state index is 14.8. The summed E-state index contributed by atoms with van der Waals surface area (Å²) in [5.74, 6) is 4.41. The highest BCUT2D eigenvalue weighted by Gasteiger charge is 2.35. The number of hydrogen-bond acceptors (Lipinski definition) is 1. The third-order valence-corrected chi connectivity index (χ3v) is 10.6. The van der Waals surface area contributed by atoms with Crippen LogP contribution in [0.1, 0.15) is 133 Å². The largest absolute Gasteiger partial charge is 0.491 e. The van der Waals surface area contributed by atoms with E-state index in [2.05, 4.69) is 6.92 Å². The smallest absolute Gasteiger partial charge is 0.267 e. The number of halogens is 3. The van der Waals surface area contributed by atoms with Crippen molar-refractivity contribution in [3.05, 3.63) is 28.6 Å². The van der Waals surface area contributed by atoms with E-state index in [-0.39, 0.29) is 12.4 Å². The molecule has 0 atom stereocenters. The zero-order valence-electron chi connectivity index (χ0n) is 23.7. The molecule has 1 aromatic rings. The summed E-state index contributed by atoms with van der Waals surface area (Å²) in [5.41, 5.74) is 0.789. The number of ether oxygens (including phenoxy) is 1. The lowest BCUT2D eigenvalue weighted by Crippen LogP contribution is -2.29. The molecule has 1 aromatic carbocycles. The second-order valence-corrected chi connectivity index (χ2v) is 12.7. The molecule has 0 unspecified atom stereocenters. The average molecular weight is 521 g/mol. The van der Waals surface area contributed by atoms with Gasteiger partial charge in [-0.15, -0.1) is 0 Å². The molecule has 1 nitrogen and oxygen atoms in total. The Hall–Kier alpha value is -1.19. The zero-order valence-corrected chi connectivity index (χ0v) is 23.7. The van der Waals surface area contributed by atoms with E-state index in [0.717, 1.165) is 41.6 Å². The Kier molecular flexibility index (Phi) is 10.7. The summed E-state index contributed by atoms with van der Waals surface area (Å²) in [7, 11) is 0. The second-order valence-electron chi connectivity index (χ2n) is 12.7. The van der Waals surface area contributed by atoms with Gasteiger partial charge in [-0.2, -0.15) is 0 Å². The van der Waals surface area contributed by atoms with Gasteiger partial charge in [0.25, 0.3) is 6.43 Å². The minimum Gasteiger partial charge on any atom is -0.491 e. The van der Waals surface area contributed by atoms with Crippen molar-refractivity contribution >= 4 is 0 Å². The quantitative estimate of drug-likeness (QED) is 0.298. The molecule has 4 heteroatoms. The first-order valence-electron chi connectivity index (χ1n) is 15.6. The molecule has 0 N–H and O–H groups in total. The average Bonchev–Trinajstić information content (AvgIpc) is 2.91. The van der Waals surface area contributed by atoms with Crippen molar-refractivity contribution in [3.8, 4) is 5.75 Å². The van der Waals surface area contributed by atoms with Crippen molar-refractivity contribution in [2.24, 2.45) is 35.5 Å². The first kappa shape index (κ1) is 28.8. The molecule has 0 saturated heterocycles. The van der Waals surface area contributed by atoms with Crippen LogP contribution in [0.2, 0.25) is 0 Å². The molecule has 0 aromatic heterocycles. The van der Waals surface area contributed by atoms with E-state index in [1.54, 1.807) is 13.0 Å². The van der Waals surface area contributed by atoms with Gasteiger partial charge in [0.2, 0.25) is 0 Å². The van der Waals surface area contributed by atoms with Crippen molar-refractivity contribution in [2.45, 2.75) is 130 Å². The van der Waals surface area contributed by atoms with Gasteiger partial charge in [0.15, 0.2) is 11.6 Å². The van der Waals surface area contributed by atoms with Gasteiger partial charge in [0, 0.05) is 0 Å². The van der Waals surface area contributed by atoms with Crippen LogP contribution in [0, 0.1) is 48.2 Å². The van der Waals surface area contributed by atoms with Crippen LogP contribution < -0.4 is 4.74 Å². The SMILES string of the molecule is CCCC1CCC(C2CCC(C3CCC(CCc4c(C)cc(OCC)c(F)c4C(F)F)CC3)CC2)CC1. The van der Waals surface area contributed by atoms with E-state index in [1.807, 2.05) is 6.92 Å². The van der Waals surface area contributed by atoms with Crippen LogP contribution >= 0.6 is 0 Å². The molecule has 3 aliphatic carbocycles. The van der Waals surface area contributed by atoms with Gasteiger partial charge in [-0.25, -0.2) is 13.2 Å². The van der Waals surface area contributed by atoms with E-state index < -0.39 is 17.8 Å². The van der Waals surface area contributed by atoms with Crippen molar-refractivity contribution in [3.63, 3.8) is 0 Å². The van der Waals surface area contributed by atoms with Crippen molar-refractivity contribution in [1.29, 1.82) is 0 Å². The summed E-state index contributed by atoms with van der Waals surface area (Å²) in [6, 6.07) is 1.60. The molecule has 0 heterocycles. The molecule has 0 aliphatic heterocycles. The Labute approximate surface area is 224 Å². The molecule has 0 amide bonds. The first-order chi connectivity index (χ1) is 17.9. The Balaban J connectivity index is 1.22. The Morgan fingerprint density at radius 3 is 1.65 bits per heavy atom. The lowest BCUT2D eigenvalue weighted by atomic mass is 9.64. The highest BCUT2D eigenvalue weighted by Crippen LogP contribution is 2.47. The highest BCUT2D eigenvalue weighted by molar-refractivity contribution is 5.44. The summed E-state index contributed by atoms with van der Waals surface area (Å²) in [5, 5.41) is 0. The molecule has 0 spiro atoms. The van der Waals surface area contributed by atoms with Gasteiger partial charge in [-0.1, -0.05) is 45.4 Å². The number of hydrogen-bond donors (Lipinski definition) is 0. The lowest BCUT2D eigenvalue weighted by molar-refractivity contribution is 0.102. The van der Waals surface area contributed by atoms with Crippen LogP contribution in [0.5, 0.6) is 5.75 Å². The second kappa shape index (κ2) is 13.7. The van der Waals surface area contributed by atoms with E-state index >= 15 is 0 Å². The topological polar surface area (TPSA) is 9.23 Å². The van der Waals surface area contributed by atoms with Gasteiger partial charge in [-0.3, -0.25) is 0 Å². The first-order valence-corrected chi connectivity index (χ1v) is 15.6. The maximum Gasteiger partial charge on any atom is 0.267 e. The van der Waals surface area contributed by atoms with E-state index in [0.29, 0.717) is 17.9 Å². The van der Waals surface area contributed by atoms with E-state index in [9.17, 15) is 13.2 Å². The molecule has 4 rings (SSSR count). The van der Waals surface area contributed by atoms with Crippen molar-refractivity contribution < 1.29 is 17.9 Å². The monoisotopic (exact) mass is 520 g/mol. The molecule has 3 aliphatic rings. The summed E-state index contributed by atoms with van der Waals surface area (Å²) in [6.07, 6.45) is 18.1. The number of rotatable bonds is 10. The van der Waals surface area contributed by atoms with Crippen LogP contribution in [0.4, 0.5) is 13.2 Å². The third kappa shape index (κ3) is 7.27. The summed E-state index contributed by atoms with van der Waals surface area (Å²) >= 11 is 0. The fourth-order valence-electron chi connectivity index (χ4n) is 8.39. The number of alkyl halides is 2. The maximum absolute atomic E-state index is 14.8. The fourth-order valence-corrected chi connectivity index (χ4v) is 8.39. The molecular formula is C33H51F3O. The minimum absolute atomic E-state index is 0.0431. The standard InChI is InChI=1S/C33H51F3O/c1-4-6-23-7-12-25(13-8-23)27-16-18-28(19-17-27)26-14-9-24(10-15-26)11-20-29-22(3)21-30(37-5-2)32(34)31(29)33(35)36/h21,23-28,33H,4-20H2,1-3H3. The van der Waals surface area contributed by atoms with Gasteiger partial charge in [0.1, 0.15) is 0 Å². The van der Waals surface area contributed by atoms with Gasteiger partial charge in [-0.05, 0) is 131 Å². The summed E-state index contributed by atoms with van der Waals surface area (Å²) in [6.45, 7) is 6.15. The number of benzene rings is 1.